The van der Waals surface area contributed by atoms with Gasteiger partial charge in [-0.05, 0) is 37.1 Å². The van der Waals surface area contributed by atoms with Crippen LogP contribution in [-0.2, 0) is 10.9 Å². The standard InChI is InChI=1S/C25H25F3N4O3/c1-14-17(5-4-6-19(14)25(26,27)28)15(2)30-23-18-11-22(35-16-7-10-34-13-16)21(33-3)12-20(18)32-9-8-29-24(32)31-23/h4-6,8-9,11-12,15-16H,7,10,13H2,1-3H3,(H,29,30,31). The van der Waals surface area contributed by atoms with Gasteiger partial charge >= 0.3 is 6.18 Å². The molecule has 0 saturated carbocycles. The van der Waals surface area contributed by atoms with Crippen LogP contribution in [0.2, 0.25) is 0 Å². The fraction of sp³-hybridized carbons (Fsp3) is 0.360. The van der Waals surface area contributed by atoms with Crippen LogP contribution in [0, 0.1) is 6.92 Å². The monoisotopic (exact) mass is 486 g/mol. The Bertz CT molecular complexity index is 1380. The molecule has 0 amide bonds. The van der Waals surface area contributed by atoms with Crippen molar-refractivity contribution in [2.75, 3.05) is 25.6 Å². The zero-order chi connectivity index (χ0) is 24.7. The maximum atomic E-state index is 13.5. The van der Waals surface area contributed by atoms with Crippen molar-refractivity contribution in [3.05, 3.63) is 59.4 Å². The molecule has 7 nitrogen and oxygen atoms in total. The van der Waals surface area contributed by atoms with E-state index in [2.05, 4.69) is 15.3 Å². The summed E-state index contributed by atoms with van der Waals surface area (Å²) >= 11 is 0. The molecule has 4 aromatic rings. The number of alkyl halides is 3. The van der Waals surface area contributed by atoms with E-state index in [9.17, 15) is 13.2 Å². The first-order chi connectivity index (χ1) is 16.8. The third-order valence-electron chi connectivity index (χ3n) is 6.31. The Morgan fingerprint density at radius 3 is 2.77 bits per heavy atom. The highest BCUT2D eigenvalue weighted by atomic mass is 19.4. The van der Waals surface area contributed by atoms with E-state index in [0.29, 0.717) is 41.9 Å². The molecule has 10 heteroatoms. The van der Waals surface area contributed by atoms with E-state index in [-0.39, 0.29) is 11.7 Å². The Kier molecular flexibility index (Phi) is 5.92. The average molecular weight is 486 g/mol. The van der Waals surface area contributed by atoms with E-state index in [1.165, 1.54) is 13.0 Å². The van der Waals surface area contributed by atoms with E-state index in [1.54, 1.807) is 25.6 Å². The van der Waals surface area contributed by atoms with Crippen LogP contribution in [0.1, 0.15) is 36.1 Å². The first-order valence-corrected chi connectivity index (χ1v) is 11.3. The van der Waals surface area contributed by atoms with Crippen LogP contribution in [0.5, 0.6) is 11.5 Å². The second-order valence-corrected chi connectivity index (χ2v) is 8.56. The highest BCUT2D eigenvalue weighted by Gasteiger charge is 2.33. The van der Waals surface area contributed by atoms with Crippen LogP contribution in [-0.4, -0.2) is 40.8 Å². The molecule has 0 spiro atoms. The Balaban J connectivity index is 1.60. The minimum atomic E-state index is -4.42. The molecule has 0 bridgehead atoms. The Morgan fingerprint density at radius 1 is 1.23 bits per heavy atom. The normalized spacial score (nSPS) is 17.1. The molecule has 0 radical (unpaired) electrons. The van der Waals surface area contributed by atoms with Crippen LogP contribution in [0.4, 0.5) is 19.0 Å². The number of rotatable bonds is 6. The molecule has 1 N–H and O–H groups in total. The van der Waals surface area contributed by atoms with Gasteiger partial charge in [0.15, 0.2) is 11.5 Å². The van der Waals surface area contributed by atoms with Gasteiger partial charge in [-0.2, -0.15) is 18.2 Å². The summed E-state index contributed by atoms with van der Waals surface area (Å²) in [5.74, 6) is 2.03. The predicted octanol–water partition coefficient (Wildman–Crippen LogP) is 5.56. The van der Waals surface area contributed by atoms with Crippen molar-refractivity contribution in [2.45, 2.75) is 38.6 Å². The molecule has 2 aromatic carbocycles. The first-order valence-electron chi connectivity index (χ1n) is 11.3. The first kappa shape index (κ1) is 23.2. The molecular formula is C25H25F3N4O3. The van der Waals surface area contributed by atoms with Crippen LogP contribution in [0.15, 0.2) is 42.7 Å². The second-order valence-electron chi connectivity index (χ2n) is 8.56. The lowest BCUT2D eigenvalue weighted by molar-refractivity contribution is -0.138. The smallest absolute Gasteiger partial charge is 0.416 e. The number of hydrogen-bond acceptors (Lipinski definition) is 6. The number of imidazole rings is 1. The van der Waals surface area contributed by atoms with Gasteiger partial charge in [-0.3, -0.25) is 4.40 Å². The lowest BCUT2D eigenvalue weighted by atomic mass is 9.97. The summed E-state index contributed by atoms with van der Waals surface area (Å²) in [5.41, 5.74) is 0.836. The number of benzene rings is 2. The van der Waals surface area contributed by atoms with Gasteiger partial charge in [-0.15, -0.1) is 0 Å². The summed E-state index contributed by atoms with van der Waals surface area (Å²) in [6.07, 6.45) is -0.309. The van der Waals surface area contributed by atoms with Gasteiger partial charge in [0.25, 0.3) is 0 Å². The zero-order valence-corrected chi connectivity index (χ0v) is 19.5. The summed E-state index contributed by atoms with van der Waals surface area (Å²) < 4.78 is 59.4. The lowest BCUT2D eigenvalue weighted by Gasteiger charge is -2.22. The highest BCUT2D eigenvalue weighted by molar-refractivity contribution is 5.94. The van der Waals surface area contributed by atoms with Gasteiger partial charge in [0.05, 0.1) is 37.4 Å². The van der Waals surface area contributed by atoms with Crippen molar-refractivity contribution >= 4 is 22.5 Å². The molecule has 1 aliphatic rings. The minimum absolute atomic E-state index is 0.0885. The molecule has 3 heterocycles. The molecule has 0 aliphatic carbocycles. The van der Waals surface area contributed by atoms with Crippen molar-refractivity contribution in [1.29, 1.82) is 0 Å². The number of ether oxygens (including phenoxy) is 3. The maximum absolute atomic E-state index is 13.5. The van der Waals surface area contributed by atoms with Crippen molar-refractivity contribution in [3.8, 4) is 11.5 Å². The topological polar surface area (TPSA) is 69.9 Å². The minimum Gasteiger partial charge on any atom is -0.493 e. The van der Waals surface area contributed by atoms with E-state index < -0.39 is 17.8 Å². The quantitative estimate of drug-likeness (QED) is 0.385. The number of fused-ring (bicyclic) bond motifs is 3. The van der Waals surface area contributed by atoms with E-state index in [1.807, 2.05) is 23.5 Å². The van der Waals surface area contributed by atoms with Gasteiger partial charge in [-0.1, -0.05) is 12.1 Å². The van der Waals surface area contributed by atoms with Crippen molar-refractivity contribution in [3.63, 3.8) is 0 Å². The predicted molar refractivity (Wildman–Crippen MR) is 125 cm³/mol. The van der Waals surface area contributed by atoms with Crippen LogP contribution >= 0.6 is 0 Å². The zero-order valence-electron chi connectivity index (χ0n) is 19.5. The Hall–Kier alpha value is -3.53. The number of methoxy groups -OCH3 is 1. The van der Waals surface area contributed by atoms with Gasteiger partial charge in [0.1, 0.15) is 11.9 Å². The van der Waals surface area contributed by atoms with Crippen LogP contribution in [0.25, 0.3) is 16.7 Å². The summed E-state index contributed by atoms with van der Waals surface area (Å²) in [5, 5.41) is 4.03. The molecule has 35 heavy (non-hydrogen) atoms. The third kappa shape index (κ3) is 4.34. The van der Waals surface area contributed by atoms with Gasteiger partial charge in [0, 0.05) is 30.3 Å². The number of nitrogens with one attached hydrogen (secondary N) is 1. The molecule has 2 unspecified atom stereocenters. The summed E-state index contributed by atoms with van der Waals surface area (Å²) in [6.45, 7) is 4.43. The number of halogens is 3. The van der Waals surface area contributed by atoms with E-state index >= 15 is 0 Å². The molecule has 5 rings (SSSR count). The van der Waals surface area contributed by atoms with Crippen molar-refractivity contribution < 1.29 is 27.4 Å². The van der Waals surface area contributed by atoms with Gasteiger partial charge in [-0.25, -0.2) is 4.98 Å². The Labute approximate surface area is 199 Å². The highest BCUT2D eigenvalue weighted by Crippen LogP contribution is 2.39. The molecule has 184 valence electrons. The SMILES string of the molecule is COc1cc2c(cc1OC1CCOC1)c(NC(C)c1cccc(C(F)(F)F)c1C)nc1nccn12. The molecule has 1 saturated heterocycles. The third-order valence-corrected chi connectivity index (χ3v) is 6.31. The molecule has 1 aliphatic heterocycles. The van der Waals surface area contributed by atoms with Crippen LogP contribution < -0.4 is 14.8 Å². The summed E-state index contributed by atoms with van der Waals surface area (Å²) in [6, 6.07) is 7.44. The molecule has 1 fully saturated rings. The second kappa shape index (κ2) is 8.92. The average Bonchev–Trinajstić information content (AvgIpc) is 3.50. The number of anilines is 1. The molecule has 2 aromatic heterocycles. The van der Waals surface area contributed by atoms with Gasteiger partial charge in [0.2, 0.25) is 5.78 Å². The Morgan fingerprint density at radius 2 is 2.06 bits per heavy atom. The van der Waals surface area contributed by atoms with E-state index in [0.717, 1.165) is 23.4 Å². The summed E-state index contributed by atoms with van der Waals surface area (Å²) in [7, 11) is 1.57. The summed E-state index contributed by atoms with van der Waals surface area (Å²) in [4.78, 5) is 8.96. The van der Waals surface area contributed by atoms with Crippen molar-refractivity contribution in [1.82, 2.24) is 14.4 Å². The number of aromatic nitrogens is 3. The van der Waals surface area contributed by atoms with Crippen molar-refractivity contribution in [2.24, 2.45) is 0 Å². The maximum Gasteiger partial charge on any atom is 0.416 e. The lowest BCUT2D eigenvalue weighted by Crippen LogP contribution is -2.16. The molecule has 2 atom stereocenters. The molecular weight excluding hydrogens is 461 g/mol. The fourth-order valence-corrected chi connectivity index (χ4v) is 4.52. The number of hydrogen-bond donors (Lipinski definition) is 1. The number of nitrogens with zero attached hydrogens (tertiary/aromatic N) is 3. The van der Waals surface area contributed by atoms with Crippen LogP contribution in [0.3, 0.4) is 0 Å². The van der Waals surface area contributed by atoms with Gasteiger partial charge < -0.3 is 19.5 Å². The largest absolute Gasteiger partial charge is 0.493 e. The van der Waals surface area contributed by atoms with E-state index in [4.69, 9.17) is 14.2 Å². The fourth-order valence-electron chi connectivity index (χ4n) is 4.52.